The molecule has 2 N–H and O–H groups in total. The first-order valence-corrected chi connectivity index (χ1v) is 7.64. The van der Waals surface area contributed by atoms with Gasteiger partial charge in [-0.3, -0.25) is 0 Å². The van der Waals surface area contributed by atoms with Gasteiger partial charge in [-0.1, -0.05) is 24.3 Å². The maximum Gasteiger partial charge on any atom is 0.249 e. The molecule has 6 heteroatoms. The van der Waals surface area contributed by atoms with E-state index >= 15 is 0 Å². The zero-order chi connectivity index (χ0) is 16.8. The van der Waals surface area contributed by atoms with E-state index in [0.717, 1.165) is 11.4 Å². The monoisotopic (exact) mass is 321 g/mol. The second-order valence-corrected chi connectivity index (χ2v) is 5.30. The van der Waals surface area contributed by atoms with E-state index in [4.69, 9.17) is 4.74 Å². The number of benzene rings is 2. The zero-order valence-electron chi connectivity index (χ0n) is 13.7. The largest absolute Gasteiger partial charge is 0.497 e. The van der Waals surface area contributed by atoms with Crippen LogP contribution in [0.1, 0.15) is 11.1 Å². The van der Waals surface area contributed by atoms with Crippen molar-refractivity contribution in [3.05, 3.63) is 65.9 Å². The molecule has 122 valence electrons. The van der Waals surface area contributed by atoms with Crippen LogP contribution in [0.15, 0.2) is 54.7 Å². The van der Waals surface area contributed by atoms with Crippen molar-refractivity contribution in [3.63, 3.8) is 0 Å². The lowest BCUT2D eigenvalue weighted by atomic mass is 10.1. The summed E-state index contributed by atoms with van der Waals surface area (Å²) < 4.78 is 5.14. The van der Waals surface area contributed by atoms with Crippen molar-refractivity contribution >= 4 is 17.5 Å². The molecule has 1 aromatic heterocycles. The Bertz CT molecular complexity index is 805. The third-order valence-electron chi connectivity index (χ3n) is 3.63. The van der Waals surface area contributed by atoms with Crippen LogP contribution < -0.4 is 15.4 Å². The molecule has 2 aromatic carbocycles. The Morgan fingerprint density at radius 1 is 1.04 bits per heavy atom. The quantitative estimate of drug-likeness (QED) is 0.723. The van der Waals surface area contributed by atoms with Crippen molar-refractivity contribution in [3.8, 4) is 5.75 Å². The number of anilines is 3. The molecule has 0 atom stereocenters. The Kier molecular flexibility index (Phi) is 4.86. The Morgan fingerprint density at radius 2 is 1.83 bits per heavy atom. The highest BCUT2D eigenvalue weighted by Crippen LogP contribution is 2.18. The van der Waals surface area contributed by atoms with Gasteiger partial charge in [0.2, 0.25) is 5.95 Å². The van der Waals surface area contributed by atoms with Crippen molar-refractivity contribution in [2.24, 2.45) is 0 Å². The molecule has 24 heavy (non-hydrogen) atoms. The molecule has 0 fully saturated rings. The van der Waals surface area contributed by atoms with Gasteiger partial charge in [-0.2, -0.15) is 10.1 Å². The topological polar surface area (TPSA) is 72.0 Å². The second-order valence-electron chi connectivity index (χ2n) is 5.30. The fourth-order valence-electron chi connectivity index (χ4n) is 2.24. The first kappa shape index (κ1) is 15.7. The maximum absolute atomic E-state index is 5.14. The highest BCUT2D eigenvalue weighted by atomic mass is 16.5. The van der Waals surface area contributed by atoms with Crippen molar-refractivity contribution in [2.75, 3.05) is 17.7 Å². The van der Waals surface area contributed by atoms with Gasteiger partial charge >= 0.3 is 0 Å². The molecule has 0 saturated heterocycles. The molecule has 3 aromatic rings. The van der Waals surface area contributed by atoms with E-state index in [-0.39, 0.29) is 0 Å². The molecule has 0 spiro atoms. The third kappa shape index (κ3) is 3.98. The van der Waals surface area contributed by atoms with Crippen LogP contribution in [0.5, 0.6) is 5.75 Å². The summed E-state index contributed by atoms with van der Waals surface area (Å²) in [5, 5.41) is 14.4. The standard InChI is InChI=1S/C18H19N5O/c1-13-5-3-4-6-14(13)11-19-17-12-20-23-18(22-17)21-15-7-9-16(24-2)10-8-15/h3-10,12H,11H2,1-2H3,(H2,19,21,22,23). The summed E-state index contributed by atoms with van der Waals surface area (Å²) in [6.45, 7) is 2.78. The number of nitrogens with zero attached hydrogens (tertiary/aromatic N) is 3. The van der Waals surface area contributed by atoms with Crippen LogP contribution in [-0.4, -0.2) is 22.3 Å². The molecule has 0 unspecified atom stereocenters. The van der Waals surface area contributed by atoms with E-state index in [1.54, 1.807) is 13.3 Å². The van der Waals surface area contributed by atoms with Crippen LogP contribution in [0.3, 0.4) is 0 Å². The number of hydrogen-bond donors (Lipinski definition) is 2. The van der Waals surface area contributed by atoms with Gasteiger partial charge in [0.25, 0.3) is 0 Å². The molecule has 0 saturated carbocycles. The van der Waals surface area contributed by atoms with Gasteiger partial charge in [0.15, 0.2) is 5.82 Å². The molecule has 0 aliphatic rings. The van der Waals surface area contributed by atoms with Gasteiger partial charge in [0.05, 0.1) is 13.3 Å². The minimum Gasteiger partial charge on any atom is -0.497 e. The molecule has 0 amide bonds. The van der Waals surface area contributed by atoms with Crippen molar-refractivity contribution < 1.29 is 4.74 Å². The Hall–Kier alpha value is -3.15. The predicted octanol–water partition coefficient (Wildman–Crippen LogP) is 3.54. The van der Waals surface area contributed by atoms with Crippen LogP contribution in [0.4, 0.5) is 17.5 Å². The van der Waals surface area contributed by atoms with Gasteiger partial charge < -0.3 is 15.4 Å². The number of nitrogens with one attached hydrogen (secondary N) is 2. The summed E-state index contributed by atoms with van der Waals surface area (Å²) in [5.41, 5.74) is 3.33. The number of ether oxygens (including phenoxy) is 1. The minimum atomic E-state index is 0.440. The molecule has 0 bridgehead atoms. The van der Waals surface area contributed by atoms with E-state index in [1.165, 1.54) is 11.1 Å². The van der Waals surface area contributed by atoms with Gasteiger partial charge in [-0.25, -0.2) is 0 Å². The van der Waals surface area contributed by atoms with Crippen molar-refractivity contribution in [1.29, 1.82) is 0 Å². The van der Waals surface area contributed by atoms with Gasteiger partial charge in [0.1, 0.15) is 5.75 Å². The first-order valence-electron chi connectivity index (χ1n) is 7.64. The Morgan fingerprint density at radius 3 is 2.58 bits per heavy atom. The fraction of sp³-hybridized carbons (Fsp3) is 0.167. The molecule has 0 radical (unpaired) electrons. The molecule has 6 nitrogen and oxygen atoms in total. The van der Waals surface area contributed by atoms with E-state index in [2.05, 4.69) is 44.9 Å². The van der Waals surface area contributed by atoms with Gasteiger partial charge in [-0.05, 0) is 42.3 Å². The van der Waals surface area contributed by atoms with Crippen LogP contribution in [0.25, 0.3) is 0 Å². The highest BCUT2D eigenvalue weighted by molar-refractivity contribution is 5.55. The fourth-order valence-corrected chi connectivity index (χ4v) is 2.24. The molecule has 1 heterocycles. The summed E-state index contributed by atoms with van der Waals surface area (Å²) >= 11 is 0. The zero-order valence-corrected chi connectivity index (χ0v) is 13.7. The van der Waals surface area contributed by atoms with Crippen LogP contribution in [0, 0.1) is 6.92 Å². The summed E-state index contributed by atoms with van der Waals surface area (Å²) in [7, 11) is 1.64. The summed E-state index contributed by atoms with van der Waals surface area (Å²) in [6, 6.07) is 15.8. The number of methoxy groups -OCH3 is 1. The molecule has 0 aliphatic carbocycles. The molecule has 0 aliphatic heterocycles. The number of rotatable bonds is 6. The highest BCUT2D eigenvalue weighted by Gasteiger charge is 2.03. The lowest BCUT2D eigenvalue weighted by Gasteiger charge is -2.09. The summed E-state index contributed by atoms with van der Waals surface area (Å²) in [4.78, 5) is 4.43. The average molecular weight is 321 g/mol. The van der Waals surface area contributed by atoms with Crippen LogP contribution in [-0.2, 0) is 6.54 Å². The summed E-state index contributed by atoms with van der Waals surface area (Å²) in [6.07, 6.45) is 1.61. The summed E-state index contributed by atoms with van der Waals surface area (Å²) in [5.74, 6) is 1.91. The van der Waals surface area contributed by atoms with Crippen LogP contribution >= 0.6 is 0 Å². The minimum absolute atomic E-state index is 0.440. The smallest absolute Gasteiger partial charge is 0.249 e. The van der Waals surface area contributed by atoms with E-state index < -0.39 is 0 Å². The molecular weight excluding hydrogens is 302 g/mol. The molecular formula is C18H19N5O. The third-order valence-corrected chi connectivity index (χ3v) is 3.63. The maximum atomic E-state index is 5.14. The van der Waals surface area contributed by atoms with E-state index in [9.17, 15) is 0 Å². The molecule has 3 rings (SSSR count). The van der Waals surface area contributed by atoms with Crippen molar-refractivity contribution in [2.45, 2.75) is 13.5 Å². The Balaban J connectivity index is 1.66. The number of hydrogen-bond acceptors (Lipinski definition) is 6. The second kappa shape index (κ2) is 7.41. The van der Waals surface area contributed by atoms with E-state index in [1.807, 2.05) is 36.4 Å². The predicted molar refractivity (Wildman–Crippen MR) is 94.6 cm³/mol. The number of aromatic nitrogens is 3. The van der Waals surface area contributed by atoms with Crippen LogP contribution in [0.2, 0.25) is 0 Å². The first-order chi connectivity index (χ1) is 11.7. The van der Waals surface area contributed by atoms with Crippen molar-refractivity contribution in [1.82, 2.24) is 15.2 Å². The Labute approximate surface area is 140 Å². The lowest BCUT2D eigenvalue weighted by molar-refractivity contribution is 0.415. The van der Waals surface area contributed by atoms with E-state index in [0.29, 0.717) is 18.3 Å². The SMILES string of the molecule is COc1ccc(Nc2nncc(NCc3ccccc3C)n2)cc1. The number of aryl methyl sites for hydroxylation is 1. The van der Waals surface area contributed by atoms with Gasteiger partial charge in [-0.15, -0.1) is 5.10 Å². The average Bonchev–Trinajstić information content (AvgIpc) is 2.62. The lowest BCUT2D eigenvalue weighted by Crippen LogP contribution is -2.06. The van der Waals surface area contributed by atoms with Gasteiger partial charge in [0, 0.05) is 12.2 Å². The normalized spacial score (nSPS) is 10.2.